The van der Waals surface area contributed by atoms with Crippen LogP contribution in [0, 0.1) is 0 Å². The van der Waals surface area contributed by atoms with Gasteiger partial charge in [-0.05, 0) is 30.2 Å². The van der Waals surface area contributed by atoms with Gasteiger partial charge in [-0.15, -0.1) is 0 Å². The second kappa shape index (κ2) is 5.04. The van der Waals surface area contributed by atoms with E-state index >= 15 is 0 Å². The molecule has 1 rings (SSSR count). The van der Waals surface area contributed by atoms with Crippen molar-refractivity contribution in [1.82, 2.24) is 4.98 Å². The van der Waals surface area contributed by atoms with E-state index < -0.39 is 0 Å². The minimum Gasteiger partial charge on any atom is -0.299 e. The number of aromatic nitrogens is 1. The van der Waals surface area contributed by atoms with Gasteiger partial charge in [-0.1, -0.05) is 18.2 Å². The molecule has 66 valence electrons. The zero-order valence-corrected chi connectivity index (χ0v) is 7.47. The van der Waals surface area contributed by atoms with Crippen LogP contribution in [0.5, 0.6) is 0 Å². The Morgan fingerprint density at radius 2 is 2.38 bits per heavy atom. The van der Waals surface area contributed by atoms with Crippen LogP contribution in [0.3, 0.4) is 0 Å². The maximum Gasteiger partial charge on any atom is 0.143 e. The molecule has 0 bridgehead atoms. The van der Waals surface area contributed by atoms with Crippen molar-refractivity contribution in [1.29, 1.82) is 0 Å². The molecule has 0 aliphatic rings. The van der Waals surface area contributed by atoms with Gasteiger partial charge in [0.1, 0.15) is 6.29 Å². The third-order valence-corrected chi connectivity index (χ3v) is 1.55. The molecule has 0 aromatic carbocycles. The fourth-order valence-electron chi connectivity index (χ4n) is 0.865. The summed E-state index contributed by atoms with van der Waals surface area (Å²) in [6.07, 6.45) is 9.60. The molecule has 0 atom stereocenters. The van der Waals surface area contributed by atoms with Crippen LogP contribution in [0.1, 0.15) is 12.5 Å². The summed E-state index contributed by atoms with van der Waals surface area (Å²) < 4.78 is 0. The Balaban J connectivity index is 2.69. The van der Waals surface area contributed by atoms with Gasteiger partial charge in [0.2, 0.25) is 0 Å². The van der Waals surface area contributed by atoms with E-state index in [0.29, 0.717) is 0 Å². The Morgan fingerprint density at radius 3 is 3.00 bits per heavy atom. The summed E-state index contributed by atoms with van der Waals surface area (Å²) in [5, 5.41) is 0. The highest BCUT2D eigenvalue weighted by atomic mass is 16.1. The summed E-state index contributed by atoms with van der Waals surface area (Å²) in [6, 6.07) is 3.83. The Kier molecular flexibility index (Phi) is 3.64. The van der Waals surface area contributed by atoms with Gasteiger partial charge < -0.3 is 0 Å². The average Bonchev–Trinajstić information content (AvgIpc) is 2.17. The quantitative estimate of drug-likeness (QED) is 0.398. The molecule has 2 nitrogen and oxygen atoms in total. The average molecular weight is 173 g/mol. The fourth-order valence-corrected chi connectivity index (χ4v) is 0.865. The standard InChI is InChI=1S/C11H11NO/c1-10(6-8-13)4-5-11-3-2-7-12-9-11/h2-9H,1H3/b5-4+,10-6-. The molecule has 0 saturated carbocycles. The monoisotopic (exact) mass is 173 g/mol. The first-order chi connectivity index (χ1) is 6.33. The third-order valence-electron chi connectivity index (χ3n) is 1.55. The third kappa shape index (κ3) is 3.47. The van der Waals surface area contributed by atoms with Crippen LogP contribution in [-0.2, 0) is 4.79 Å². The Morgan fingerprint density at radius 1 is 1.54 bits per heavy atom. The van der Waals surface area contributed by atoms with Crippen molar-refractivity contribution in [3.63, 3.8) is 0 Å². The van der Waals surface area contributed by atoms with E-state index in [9.17, 15) is 4.79 Å². The summed E-state index contributed by atoms with van der Waals surface area (Å²) in [5.74, 6) is 0. The zero-order valence-electron chi connectivity index (χ0n) is 7.47. The van der Waals surface area contributed by atoms with Crippen molar-refractivity contribution >= 4 is 12.4 Å². The summed E-state index contributed by atoms with van der Waals surface area (Å²) in [7, 11) is 0. The van der Waals surface area contributed by atoms with Gasteiger partial charge in [0.05, 0.1) is 0 Å². The molecule has 1 aromatic rings. The SMILES string of the molecule is CC(=C/C=O)/C=C/c1cccnc1. The van der Waals surface area contributed by atoms with Crippen molar-refractivity contribution in [3.8, 4) is 0 Å². The normalized spacial score (nSPS) is 11.9. The van der Waals surface area contributed by atoms with Crippen LogP contribution >= 0.6 is 0 Å². The number of pyridine rings is 1. The highest BCUT2D eigenvalue weighted by molar-refractivity contribution is 5.68. The molecular weight excluding hydrogens is 162 g/mol. The summed E-state index contributed by atoms with van der Waals surface area (Å²) >= 11 is 0. The van der Waals surface area contributed by atoms with Gasteiger partial charge in [-0.2, -0.15) is 0 Å². The molecule has 0 aliphatic heterocycles. The van der Waals surface area contributed by atoms with Crippen molar-refractivity contribution in [2.24, 2.45) is 0 Å². The van der Waals surface area contributed by atoms with E-state index in [-0.39, 0.29) is 0 Å². The number of carbonyl (C=O) groups excluding carboxylic acids is 1. The van der Waals surface area contributed by atoms with E-state index in [2.05, 4.69) is 4.98 Å². The second-order valence-electron chi connectivity index (χ2n) is 2.67. The van der Waals surface area contributed by atoms with E-state index in [0.717, 1.165) is 17.4 Å². The molecule has 0 unspecified atom stereocenters. The van der Waals surface area contributed by atoms with Crippen molar-refractivity contribution in [2.75, 3.05) is 0 Å². The molecule has 1 heterocycles. The van der Waals surface area contributed by atoms with Crippen molar-refractivity contribution < 1.29 is 4.79 Å². The lowest BCUT2D eigenvalue weighted by molar-refractivity contribution is -0.104. The zero-order chi connectivity index (χ0) is 9.52. The van der Waals surface area contributed by atoms with Gasteiger partial charge in [-0.3, -0.25) is 9.78 Å². The molecule has 1 aromatic heterocycles. The molecule has 0 N–H and O–H groups in total. The summed E-state index contributed by atoms with van der Waals surface area (Å²) in [6.45, 7) is 1.88. The maximum atomic E-state index is 10.1. The lowest BCUT2D eigenvalue weighted by Gasteiger charge is -1.90. The number of allylic oxidation sites excluding steroid dienone is 3. The van der Waals surface area contributed by atoms with Gasteiger partial charge in [0.25, 0.3) is 0 Å². The van der Waals surface area contributed by atoms with Crippen molar-refractivity contribution in [3.05, 3.63) is 47.8 Å². The number of hydrogen-bond donors (Lipinski definition) is 0. The Hall–Kier alpha value is -1.70. The number of hydrogen-bond acceptors (Lipinski definition) is 2. The van der Waals surface area contributed by atoms with Crippen LogP contribution in [0.25, 0.3) is 6.08 Å². The topological polar surface area (TPSA) is 30.0 Å². The summed E-state index contributed by atoms with van der Waals surface area (Å²) in [4.78, 5) is 14.1. The fraction of sp³-hybridized carbons (Fsp3) is 0.0909. The minimum atomic E-state index is 0.781. The predicted molar refractivity (Wildman–Crippen MR) is 53.1 cm³/mol. The highest BCUT2D eigenvalue weighted by Gasteiger charge is 1.84. The van der Waals surface area contributed by atoms with E-state index in [4.69, 9.17) is 0 Å². The molecule has 0 aliphatic carbocycles. The van der Waals surface area contributed by atoms with Gasteiger partial charge >= 0.3 is 0 Å². The van der Waals surface area contributed by atoms with Crippen LogP contribution < -0.4 is 0 Å². The van der Waals surface area contributed by atoms with E-state index in [1.54, 1.807) is 12.4 Å². The second-order valence-corrected chi connectivity index (χ2v) is 2.67. The molecule has 0 amide bonds. The molecule has 0 spiro atoms. The highest BCUT2D eigenvalue weighted by Crippen LogP contribution is 2.02. The Bertz CT molecular complexity index is 325. The van der Waals surface area contributed by atoms with Crippen LogP contribution in [-0.4, -0.2) is 11.3 Å². The maximum absolute atomic E-state index is 10.1. The van der Waals surface area contributed by atoms with Crippen molar-refractivity contribution in [2.45, 2.75) is 6.92 Å². The molecule has 0 radical (unpaired) electrons. The smallest absolute Gasteiger partial charge is 0.143 e. The summed E-state index contributed by atoms with van der Waals surface area (Å²) in [5.41, 5.74) is 1.96. The number of carbonyl (C=O) groups is 1. The Labute approximate surface area is 77.6 Å². The molecule has 0 saturated heterocycles. The molecule has 2 heteroatoms. The minimum absolute atomic E-state index is 0.781. The number of nitrogens with zero attached hydrogens (tertiary/aromatic N) is 1. The van der Waals surface area contributed by atoms with E-state index in [1.165, 1.54) is 6.08 Å². The number of aldehydes is 1. The van der Waals surface area contributed by atoms with Gasteiger partial charge in [0.15, 0.2) is 0 Å². The lowest BCUT2D eigenvalue weighted by atomic mass is 10.2. The van der Waals surface area contributed by atoms with E-state index in [1.807, 2.05) is 31.2 Å². The first kappa shape index (κ1) is 9.39. The lowest BCUT2D eigenvalue weighted by Crippen LogP contribution is -1.74. The van der Waals surface area contributed by atoms with Gasteiger partial charge in [-0.25, -0.2) is 0 Å². The predicted octanol–water partition coefficient (Wildman–Crippen LogP) is 2.24. The molecule has 0 fully saturated rings. The largest absolute Gasteiger partial charge is 0.299 e. The molecule has 13 heavy (non-hydrogen) atoms. The molecular formula is C11H11NO. The first-order valence-corrected chi connectivity index (χ1v) is 4.03. The van der Waals surface area contributed by atoms with Crippen LogP contribution in [0.15, 0.2) is 42.3 Å². The van der Waals surface area contributed by atoms with Crippen LogP contribution in [0.2, 0.25) is 0 Å². The first-order valence-electron chi connectivity index (χ1n) is 4.03. The number of rotatable bonds is 3. The van der Waals surface area contributed by atoms with Crippen LogP contribution in [0.4, 0.5) is 0 Å². The van der Waals surface area contributed by atoms with Gasteiger partial charge in [0, 0.05) is 12.4 Å².